The molecule has 8 heteroatoms. The number of carbonyl (C=O) groups excluding carboxylic acids is 2. The lowest BCUT2D eigenvalue weighted by molar-refractivity contribution is -0.119. The Labute approximate surface area is 161 Å². The van der Waals surface area contributed by atoms with Crippen LogP contribution in [0, 0.1) is 5.82 Å². The van der Waals surface area contributed by atoms with Crippen LogP contribution in [0.2, 0.25) is 0 Å². The molecule has 1 aliphatic carbocycles. The molecule has 1 saturated carbocycles. The molecule has 3 N–H and O–H groups in total. The first-order valence-electron chi connectivity index (χ1n) is 9.14. The van der Waals surface area contributed by atoms with Crippen LogP contribution in [0.15, 0.2) is 36.5 Å². The number of benzene rings is 1. The number of amides is 2. The summed E-state index contributed by atoms with van der Waals surface area (Å²) in [5, 5.41) is 2.61. The van der Waals surface area contributed by atoms with Crippen molar-refractivity contribution in [2.24, 2.45) is 5.73 Å². The van der Waals surface area contributed by atoms with Gasteiger partial charge < -0.3 is 15.8 Å². The molecule has 7 nitrogen and oxygen atoms in total. The summed E-state index contributed by atoms with van der Waals surface area (Å²) in [6.45, 7) is 1.85. The van der Waals surface area contributed by atoms with E-state index in [0.29, 0.717) is 16.8 Å². The second-order valence-corrected chi connectivity index (χ2v) is 7.31. The third-order valence-corrected chi connectivity index (χ3v) is 5.09. The van der Waals surface area contributed by atoms with Gasteiger partial charge in [-0.1, -0.05) is 6.07 Å². The Morgan fingerprint density at radius 1 is 1.39 bits per heavy atom. The van der Waals surface area contributed by atoms with Crippen LogP contribution in [0.1, 0.15) is 25.5 Å². The molecule has 1 atom stereocenters. The van der Waals surface area contributed by atoms with Crippen molar-refractivity contribution in [3.05, 3.63) is 48.0 Å². The van der Waals surface area contributed by atoms with Crippen molar-refractivity contribution in [2.45, 2.75) is 31.4 Å². The number of nitrogens with one attached hydrogen (secondary N) is 1. The smallest absolute Gasteiger partial charge is 0.414 e. The van der Waals surface area contributed by atoms with Crippen molar-refractivity contribution >= 4 is 17.7 Å². The number of anilines is 1. The highest BCUT2D eigenvalue weighted by Crippen LogP contribution is 2.41. The fourth-order valence-corrected chi connectivity index (χ4v) is 3.24. The molecule has 1 saturated heterocycles. The Morgan fingerprint density at radius 2 is 2.18 bits per heavy atom. The lowest BCUT2D eigenvalue weighted by Gasteiger charge is -2.15. The maximum absolute atomic E-state index is 14.7. The molecule has 2 aromatic rings. The topological polar surface area (TPSA) is 97.5 Å². The molecule has 2 fully saturated rings. The minimum absolute atomic E-state index is 0.202. The summed E-state index contributed by atoms with van der Waals surface area (Å²) in [4.78, 5) is 28.8. The summed E-state index contributed by atoms with van der Waals surface area (Å²) in [6, 6.07) is 8.22. The predicted octanol–water partition coefficient (Wildman–Crippen LogP) is 2.30. The summed E-state index contributed by atoms with van der Waals surface area (Å²) in [5.74, 6) is -0.661. The van der Waals surface area contributed by atoms with E-state index in [0.717, 1.165) is 18.5 Å². The number of hydrogen-bond donors (Lipinski definition) is 2. The van der Waals surface area contributed by atoms with Crippen molar-refractivity contribution < 1.29 is 18.7 Å². The maximum atomic E-state index is 14.7. The molecule has 0 spiro atoms. The van der Waals surface area contributed by atoms with Gasteiger partial charge in [0, 0.05) is 24.2 Å². The average Bonchev–Trinajstić information content (AvgIpc) is 3.31. The number of ether oxygens (including phenoxy) is 1. The molecule has 2 heterocycles. The van der Waals surface area contributed by atoms with Gasteiger partial charge in [0.2, 0.25) is 5.91 Å². The number of nitrogens with zero attached hydrogens (tertiary/aromatic N) is 2. The molecule has 2 amide bonds. The quantitative estimate of drug-likeness (QED) is 0.824. The number of aromatic nitrogens is 1. The number of hydrogen-bond acceptors (Lipinski definition) is 5. The zero-order valence-electron chi connectivity index (χ0n) is 15.4. The van der Waals surface area contributed by atoms with E-state index in [4.69, 9.17) is 10.5 Å². The van der Waals surface area contributed by atoms with Crippen molar-refractivity contribution in [3.63, 3.8) is 0 Å². The number of carbonyl (C=O) groups is 2. The monoisotopic (exact) mass is 384 g/mol. The van der Waals surface area contributed by atoms with Crippen LogP contribution >= 0.6 is 0 Å². The third kappa shape index (κ3) is 3.55. The fraction of sp³-hybridized carbons (Fsp3) is 0.350. The van der Waals surface area contributed by atoms with E-state index in [-0.39, 0.29) is 24.5 Å². The summed E-state index contributed by atoms with van der Waals surface area (Å²) in [7, 11) is 0. The van der Waals surface area contributed by atoms with Gasteiger partial charge in [0.1, 0.15) is 11.9 Å². The molecule has 1 aromatic carbocycles. The fourth-order valence-electron chi connectivity index (χ4n) is 3.24. The van der Waals surface area contributed by atoms with E-state index in [1.54, 1.807) is 24.4 Å². The SMILES string of the molecule is CC(=O)NC[C@H]1CN(c2ccc(-c3ccc(C4(N)CC4)nc3)c(F)c2)C(=O)O1. The highest BCUT2D eigenvalue weighted by atomic mass is 19.1. The number of pyridine rings is 1. The van der Waals surface area contributed by atoms with E-state index < -0.39 is 18.0 Å². The van der Waals surface area contributed by atoms with Crippen LogP contribution in [-0.4, -0.2) is 36.2 Å². The first-order valence-corrected chi connectivity index (χ1v) is 9.14. The zero-order chi connectivity index (χ0) is 19.9. The molecule has 2 aliphatic rings. The molecule has 4 rings (SSSR count). The van der Waals surface area contributed by atoms with Gasteiger partial charge in [-0.3, -0.25) is 14.7 Å². The molecule has 146 valence electrons. The first kappa shape index (κ1) is 18.4. The predicted molar refractivity (Wildman–Crippen MR) is 101 cm³/mol. The Kier molecular flexibility index (Phi) is 4.50. The van der Waals surface area contributed by atoms with Crippen molar-refractivity contribution in [3.8, 4) is 11.1 Å². The molecule has 0 unspecified atom stereocenters. The Bertz CT molecular complexity index is 928. The van der Waals surface area contributed by atoms with Crippen LogP contribution in [0.25, 0.3) is 11.1 Å². The van der Waals surface area contributed by atoms with E-state index in [9.17, 15) is 14.0 Å². The van der Waals surface area contributed by atoms with Gasteiger partial charge in [0.15, 0.2) is 0 Å². The number of cyclic esters (lactones) is 1. The van der Waals surface area contributed by atoms with Gasteiger partial charge in [0.25, 0.3) is 0 Å². The minimum atomic E-state index is -0.564. The minimum Gasteiger partial charge on any atom is -0.442 e. The molecule has 1 aliphatic heterocycles. The lowest BCUT2D eigenvalue weighted by Crippen LogP contribution is -2.33. The van der Waals surface area contributed by atoms with Gasteiger partial charge >= 0.3 is 6.09 Å². The summed E-state index contributed by atoms with van der Waals surface area (Å²) in [5.41, 5.74) is 8.06. The van der Waals surface area contributed by atoms with Crippen molar-refractivity contribution in [1.82, 2.24) is 10.3 Å². The summed E-state index contributed by atoms with van der Waals surface area (Å²) < 4.78 is 19.9. The standard InChI is InChI=1S/C20H21FN4O3/c1-12(26)23-10-15-11-25(19(27)28-15)14-3-4-16(17(21)8-14)13-2-5-18(24-9-13)20(22)6-7-20/h2-5,8-9,15H,6-7,10-11,22H2,1H3,(H,23,26)/t15-/m0/s1. The van der Waals surface area contributed by atoms with Crippen LogP contribution in [-0.2, 0) is 15.1 Å². The Hall–Kier alpha value is -3.00. The van der Waals surface area contributed by atoms with Gasteiger partial charge in [-0.25, -0.2) is 9.18 Å². The van der Waals surface area contributed by atoms with E-state index in [1.807, 2.05) is 6.07 Å². The van der Waals surface area contributed by atoms with Crippen LogP contribution in [0.5, 0.6) is 0 Å². The molecular weight excluding hydrogens is 363 g/mol. The van der Waals surface area contributed by atoms with Crippen LogP contribution < -0.4 is 16.0 Å². The third-order valence-electron chi connectivity index (χ3n) is 5.09. The van der Waals surface area contributed by atoms with E-state index in [1.165, 1.54) is 17.9 Å². The van der Waals surface area contributed by atoms with Gasteiger partial charge in [-0.2, -0.15) is 0 Å². The summed E-state index contributed by atoms with van der Waals surface area (Å²) in [6.07, 6.45) is 2.41. The highest BCUT2D eigenvalue weighted by Gasteiger charge is 2.41. The molecular formula is C20H21FN4O3. The van der Waals surface area contributed by atoms with Crippen molar-refractivity contribution in [2.75, 3.05) is 18.0 Å². The van der Waals surface area contributed by atoms with Crippen LogP contribution in [0.4, 0.5) is 14.9 Å². The number of nitrogens with two attached hydrogens (primary N) is 1. The largest absolute Gasteiger partial charge is 0.442 e. The second kappa shape index (κ2) is 6.87. The van der Waals surface area contributed by atoms with Crippen molar-refractivity contribution in [1.29, 1.82) is 0 Å². The molecule has 28 heavy (non-hydrogen) atoms. The number of rotatable bonds is 5. The van der Waals surface area contributed by atoms with E-state index >= 15 is 0 Å². The molecule has 0 bridgehead atoms. The lowest BCUT2D eigenvalue weighted by atomic mass is 10.0. The number of halogens is 1. The van der Waals surface area contributed by atoms with Crippen LogP contribution in [0.3, 0.4) is 0 Å². The maximum Gasteiger partial charge on any atom is 0.414 e. The zero-order valence-corrected chi connectivity index (χ0v) is 15.4. The Balaban J connectivity index is 1.50. The van der Waals surface area contributed by atoms with Gasteiger partial charge in [0.05, 0.1) is 30.0 Å². The molecule has 0 radical (unpaired) electrons. The van der Waals surface area contributed by atoms with E-state index in [2.05, 4.69) is 10.3 Å². The average molecular weight is 384 g/mol. The Morgan fingerprint density at radius 3 is 2.79 bits per heavy atom. The summed E-state index contributed by atoms with van der Waals surface area (Å²) >= 11 is 0. The molecule has 1 aromatic heterocycles. The van der Waals surface area contributed by atoms with Gasteiger partial charge in [-0.05, 0) is 37.1 Å². The first-order chi connectivity index (χ1) is 13.4. The normalized spacial score (nSPS) is 20.0. The second-order valence-electron chi connectivity index (χ2n) is 7.31. The highest BCUT2D eigenvalue weighted by molar-refractivity contribution is 5.90. The van der Waals surface area contributed by atoms with Gasteiger partial charge in [-0.15, -0.1) is 0 Å².